The Morgan fingerprint density at radius 3 is 2.65 bits per heavy atom. The molecule has 2 aliphatic rings. The second-order valence-electron chi connectivity index (χ2n) is 6.39. The van der Waals surface area contributed by atoms with E-state index < -0.39 is 19.1 Å². The van der Waals surface area contributed by atoms with Crippen molar-refractivity contribution in [2.75, 3.05) is 6.61 Å². The molecule has 1 fully saturated rings. The maximum Gasteiger partial charge on any atom is 0.422 e. The largest absolute Gasteiger partial charge is 0.484 e. The van der Waals surface area contributed by atoms with Gasteiger partial charge in [0.25, 0.3) is 0 Å². The molecule has 3 rings (SSSR count). The quantitative estimate of drug-likeness (QED) is 0.839. The molecule has 1 N–H and O–H groups in total. The van der Waals surface area contributed by atoms with Gasteiger partial charge in [-0.05, 0) is 43.5 Å². The summed E-state index contributed by atoms with van der Waals surface area (Å²) < 4.78 is 41.4. The molecule has 0 spiro atoms. The number of carbonyl (C=O) groups is 1. The number of benzene rings is 1. The molecule has 0 bridgehead atoms. The van der Waals surface area contributed by atoms with Crippen molar-refractivity contribution in [2.24, 2.45) is 10.9 Å². The molecule has 1 aromatic rings. The third-order valence-corrected chi connectivity index (χ3v) is 4.29. The number of hydrogen-bond acceptors (Lipinski definition) is 4. The monoisotopic (exact) mass is 367 g/mol. The molecular weight excluding hydrogens is 347 g/mol. The summed E-state index contributed by atoms with van der Waals surface area (Å²) in [5.74, 6) is 0.234. The van der Waals surface area contributed by atoms with Crippen molar-refractivity contribution in [3.05, 3.63) is 42.1 Å². The number of carbonyl (C=O) groups excluding carboxylic acids is 1. The number of hydrogen-bond donors (Lipinski definition) is 1. The molecule has 1 aromatic carbocycles. The Kier molecular flexibility index (Phi) is 5.20. The highest BCUT2D eigenvalue weighted by Gasteiger charge is 2.33. The number of ether oxygens (including phenoxy) is 1. The summed E-state index contributed by atoms with van der Waals surface area (Å²) in [5.41, 5.74) is 0.872. The van der Waals surface area contributed by atoms with Crippen molar-refractivity contribution >= 4 is 12.1 Å². The van der Waals surface area contributed by atoms with Crippen LogP contribution >= 0.6 is 0 Å². The number of amides is 1. The van der Waals surface area contributed by atoms with E-state index in [1.807, 2.05) is 18.0 Å². The molecule has 140 valence electrons. The summed E-state index contributed by atoms with van der Waals surface area (Å²) in [7, 11) is 0. The summed E-state index contributed by atoms with van der Waals surface area (Å²) in [6.45, 7) is 0.619. The number of rotatable bonds is 6. The van der Waals surface area contributed by atoms with E-state index in [1.54, 1.807) is 24.4 Å². The maximum absolute atomic E-state index is 12.2. The smallest absolute Gasteiger partial charge is 0.422 e. The van der Waals surface area contributed by atoms with Crippen LogP contribution in [0.1, 0.15) is 31.4 Å². The average molecular weight is 367 g/mol. The van der Waals surface area contributed by atoms with E-state index in [1.165, 1.54) is 12.1 Å². The molecule has 1 heterocycles. The van der Waals surface area contributed by atoms with Gasteiger partial charge in [-0.15, -0.1) is 0 Å². The SMILES string of the molecule is CC(c1ccc(OCC(F)(F)F)cc1)N1C=CC=NC1NC(=O)C1CC1. The Morgan fingerprint density at radius 1 is 1.35 bits per heavy atom. The number of halogens is 3. The molecule has 8 heteroatoms. The zero-order valence-corrected chi connectivity index (χ0v) is 14.2. The number of alkyl halides is 3. The number of aliphatic imine (C=N–C) groups is 1. The van der Waals surface area contributed by atoms with Crippen LogP contribution in [0.15, 0.2) is 41.5 Å². The molecule has 1 saturated carbocycles. The minimum atomic E-state index is -4.37. The Hall–Kier alpha value is -2.51. The van der Waals surface area contributed by atoms with Crippen LogP contribution < -0.4 is 10.1 Å². The van der Waals surface area contributed by atoms with E-state index in [4.69, 9.17) is 4.74 Å². The zero-order valence-electron chi connectivity index (χ0n) is 14.2. The minimum absolute atomic E-state index is 0.00412. The standard InChI is InChI=1S/C18H20F3N3O2/c1-12(13-5-7-15(8-6-13)26-11-18(19,20)21)24-10-2-9-22-17(24)23-16(25)14-3-4-14/h2,5-10,12,14,17H,3-4,11H2,1H3,(H,23,25). The van der Waals surface area contributed by atoms with Crippen molar-refractivity contribution in [1.29, 1.82) is 0 Å². The summed E-state index contributed by atoms with van der Waals surface area (Å²) >= 11 is 0. The lowest BCUT2D eigenvalue weighted by Crippen LogP contribution is -2.47. The van der Waals surface area contributed by atoms with Gasteiger partial charge in [0.15, 0.2) is 12.9 Å². The summed E-state index contributed by atoms with van der Waals surface area (Å²) in [5, 5.41) is 2.92. The summed E-state index contributed by atoms with van der Waals surface area (Å²) in [6, 6.07) is 6.30. The third-order valence-electron chi connectivity index (χ3n) is 4.29. The van der Waals surface area contributed by atoms with Crippen LogP contribution in [-0.2, 0) is 4.79 Å². The Labute approximate surface area is 149 Å². The minimum Gasteiger partial charge on any atom is -0.484 e. The number of allylic oxidation sites excluding steroid dienone is 1. The van der Waals surface area contributed by atoms with E-state index >= 15 is 0 Å². The summed E-state index contributed by atoms with van der Waals surface area (Å²) in [6.07, 6.45) is 2.20. The molecule has 2 unspecified atom stereocenters. The van der Waals surface area contributed by atoms with Crippen LogP contribution in [0.4, 0.5) is 13.2 Å². The number of nitrogens with zero attached hydrogens (tertiary/aromatic N) is 2. The lowest BCUT2D eigenvalue weighted by Gasteiger charge is -2.35. The highest BCUT2D eigenvalue weighted by Crippen LogP contribution is 2.30. The van der Waals surface area contributed by atoms with Gasteiger partial charge >= 0.3 is 6.18 Å². The molecule has 5 nitrogen and oxygen atoms in total. The predicted octanol–water partition coefficient (Wildman–Crippen LogP) is 3.40. The van der Waals surface area contributed by atoms with Gasteiger partial charge in [-0.1, -0.05) is 12.1 Å². The van der Waals surface area contributed by atoms with Gasteiger partial charge in [-0.3, -0.25) is 4.79 Å². The zero-order chi connectivity index (χ0) is 18.7. The average Bonchev–Trinajstić information content (AvgIpc) is 3.45. The fourth-order valence-electron chi connectivity index (χ4n) is 2.65. The van der Waals surface area contributed by atoms with Crippen molar-refractivity contribution < 1.29 is 22.7 Å². The van der Waals surface area contributed by atoms with Gasteiger partial charge in [0.05, 0.1) is 6.04 Å². The van der Waals surface area contributed by atoms with E-state index in [-0.39, 0.29) is 23.6 Å². The van der Waals surface area contributed by atoms with Crippen LogP contribution in [0.3, 0.4) is 0 Å². The van der Waals surface area contributed by atoms with Crippen molar-refractivity contribution in [3.63, 3.8) is 0 Å². The molecule has 0 radical (unpaired) electrons. The van der Waals surface area contributed by atoms with Gasteiger partial charge in [0.2, 0.25) is 5.91 Å². The van der Waals surface area contributed by atoms with Gasteiger partial charge in [-0.2, -0.15) is 13.2 Å². The van der Waals surface area contributed by atoms with Crippen molar-refractivity contribution in [1.82, 2.24) is 10.2 Å². The molecule has 0 saturated heterocycles. The topological polar surface area (TPSA) is 53.9 Å². The Morgan fingerprint density at radius 2 is 2.04 bits per heavy atom. The van der Waals surface area contributed by atoms with Gasteiger partial charge in [0, 0.05) is 18.3 Å². The molecule has 1 aliphatic carbocycles. The lowest BCUT2D eigenvalue weighted by atomic mass is 10.1. The van der Waals surface area contributed by atoms with Crippen molar-refractivity contribution in [3.8, 4) is 5.75 Å². The first-order valence-electron chi connectivity index (χ1n) is 8.41. The van der Waals surface area contributed by atoms with Gasteiger partial charge in [0.1, 0.15) is 5.75 Å². The second-order valence-corrected chi connectivity index (χ2v) is 6.39. The molecule has 26 heavy (non-hydrogen) atoms. The molecule has 1 amide bonds. The van der Waals surface area contributed by atoms with Crippen molar-refractivity contribution in [2.45, 2.75) is 38.3 Å². The number of nitrogens with one attached hydrogen (secondary N) is 1. The first-order valence-corrected chi connectivity index (χ1v) is 8.41. The van der Waals surface area contributed by atoms with Crippen LogP contribution in [0, 0.1) is 5.92 Å². The van der Waals surface area contributed by atoms with Crippen LogP contribution in [0.25, 0.3) is 0 Å². The highest BCUT2D eigenvalue weighted by molar-refractivity contribution is 5.81. The van der Waals surface area contributed by atoms with Crippen LogP contribution in [-0.4, -0.2) is 36.1 Å². The molecular formula is C18H20F3N3O2. The fraction of sp³-hybridized carbons (Fsp3) is 0.444. The van der Waals surface area contributed by atoms with Crippen LogP contribution in [0.2, 0.25) is 0 Å². The third kappa shape index (κ3) is 4.77. The lowest BCUT2D eigenvalue weighted by molar-refractivity contribution is -0.153. The Bertz CT molecular complexity index is 697. The van der Waals surface area contributed by atoms with E-state index in [0.717, 1.165) is 18.4 Å². The second kappa shape index (κ2) is 7.39. The fourth-order valence-corrected chi connectivity index (χ4v) is 2.65. The molecule has 0 aromatic heterocycles. The van der Waals surface area contributed by atoms with E-state index in [0.29, 0.717) is 0 Å². The van der Waals surface area contributed by atoms with E-state index in [9.17, 15) is 18.0 Å². The summed E-state index contributed by atoms with van der Waals surface area (Å²) in [4.78, 5) is 18.2. The maximum atomic E-state index is 12.2. The first-order chi connectivity index (χ1) is 12.3. The molecule has 1 aliphatic heterocycles. The van der Waals surface area contributed by atoms with Crippen LogP contribution in [0.5, 0.6) is 5.75 Å². The van der Waals surface area contributed by atoms with Gasteiger partial charge in [-0.25, -0.2) is 4.99 Å². The van der Waals surface area contributed by atoms with Gasteiger partial charge < -0.3 is 15.0 Å². The predicted molar refractivity (Wildman–Crippen MR) is 90.5 cm³/mol. The highest BCUT2D eigenvalue weighted by atomic mass is 19.4. The normalized spacial score (nSPS) is 20.8. The first kappa shape index (κ1) is 18.3. The molecule has 2 atom stereocenters. The van der Waals surface area contributed by atoms with E-state index in [2.05, 4.69) is 10.3 Å². The Balaban J connectivity index is 1.64.